The van der Waals surface area contributed by atoms with Crippen molar-refractivity contribution in [1.29, 1.82) is 0 Å². The molecular formula is C24H35N3O. The van der Waals surface area contributed by atoms with Crippen LogP contribution in [0.2, 0.25) is 0 Å². The predicted octanol–water partition coefficient (Wildman–Crippen LogP) is 3.80. The van der Waals surface area contributed by atoms with Gasteiger partial charge in [0.05, 0.1) is 11.8 Å². The molecule has 4 nitrogen and oxygen atoms in total. The molecule has 152 valence electrons. The lowest BCUT2D eigenvalue weighted by atomic mass is 9.95. The third kappa shape index (κ3) is 4.79. The van der Waals surface area contributed by atoms with Gasteiger partial charge in [-0.1, -0.05) is 35.9 Å². The summed E-state index contributed by atoms with van der Waals surface area (Å²) in [6.07, 6.45) is 9.63. The number of anilines is 1. The largest absolute Gasteiger partial charge is 0.489 e. The first-order valence-corrected chi connectivity index (χ1v) is 11.0. The van der Waals surface area contributed by atoms with E-state index in [9.17, 15) is 0 Å². The second-order valence-corrected chi connectivity index (χ2v) is 8.65. The van der Waals surface area contributed by atoms with Crippen LogP contribution in [0.4, 0.5) is 5.69 Å². The van der Waals surface area contributed by atoms with Gasteiger partial charge in [-0.15, -0.1) is 0 Å². The normalized spacial score (nSPS) is 23.2. The van der Waals surface area contributed by atoms with Gasteiger partial charge >= 0.3 is 0 Å². The molecule has 1 aromatic rings. The molecule has 0 saturated carbocycles. The number of piperazine rings is 1. The summed E-state index contributed by atoms with van der Waals surface area (Å²) in [5.74, 6) is 1.81. The topological polar surface area (TPSA) is 19.0 Å². The average Bonchev–Trinajstić information content (AvgIpc) is 3.11. The smallest absolute Gasteiger partial charge is 0.142 e. The third-order valence-corrected chi connectivity index (χ3v) is 6.17. The van der Waals surface area contributed by atoms with Crippen LogP contribution < -0.4 is 9.64 Å². The minimum absolute atomic E-state index is 0.211. The molecule has 4 heteroatoms. The first-order valence-electron chi connectivity index (χ1n) is 11.0. The number of allylic oxidation sites excluding steroid dienone is 3. The number of rotatable bonds is 7. The summed E-state index contributed by atoms with van der Waals surface area (Å²) in [6.45, 7) is 13.6. The molecule has 0 N–H and O–H groups in total. The van der Waals surface area contributed by atoms with Crippen LogP contribution in [0.15, 0.2) is 48.1 Å². The number of hydrogen-bond acceptors (Lipinski definition) is 4. The highest BCUT2D eigenvalue weighted by atomic mass is 16.5. The van der Waals surface area contributed by atoms with Gasteiger partial charge in [0.15, 0.2) is 0 Å². The van der Waals surface area contributed by atoms with Crippen molar-refractivity contribution < 1.29 is 4.74 Å². The highest BCUT2D eigenvalue weighted by Crippen LogP contribution is 2.30. The number of benzene rings is 1. The van der Waals surface area contributed by atoms with Crippen molar-refractivity contribution in [2.75, 3.05) is 57.3 Å². The molecule has 0 amide bonds. The zero-order valence-electron chi connectivity index (χ0n) is 17.5. The van der Waals surface area contributed by atoms with Crippen LogP contribution in [0.1, 0.15) is 26.7 Å². The molecule has 0 spiro atoms. The fraction of sp³-hybridized carbons (Fsp3) is 0.583. The summed E-state index contributed by atoms with van der Waals surface area (Å²) in [5.41, 5.74) is 2.90. The van der Waals surface area contributed by atoms with Gasteiger partial charge in [-0.25, -0.2) is 0 Å². The molecule has 0 bridgehead atoms. The second-order valence-electron chi connectivity index (χ2n) is 8.65. The van der Waals surface area contributed by atoms with Crippen LogP contribution in [0.5, 0.6) is 5.75 Å². The molecule has 3 aliphatic rings. The van der Waals surface area contributed by atoms with Crippen molar-refractivity contribution in [3.63, 3.8) is 0 Å². The molecule has 4 rings (SSSR count). The number of ether oxygens (including phenoxy) is 1. The fourth-order valence-electron chi connectivity index (χ4n) is 4.70. The molecule has 0 aromatic heterocycles. The standard InChI is InChI=1S/C24H35N3O/c1-20(2)28-24-11-6-5-10-23(24)27-16-14-25(15-17-27)12-7-13-26-18-21-8-3-4-9-22(21)19-26/h3-6,8,10-11,20,22H,7,9,12-19H2,1-2H3. The third-order valence-electron chi connectivity index (χ3n) is 6.17. The van der Waals surface area contributed by atoms with Crippen molar-refractivity contribution in [2.45, 2.75) is 32.8 Å². The summed E-state index contributed by atoms with van der Waals surface area (Å²) in [5, 5.41) is 0. The van der Waals surface area contributed by atoms with Gasteiger partial charge in [0, 0.05) is 39.3 Å². The van der Waals surface area contributed by atoms with E-state index in [2.05, 4.69) is 71.0 Å². The number of para-hydroxylation sites is 2. The summed E-state index contributed by atoms with van der Waals surface area (Å²) < 4.78 is 6.02. The van der Waals surface area contributed by atoms with Gasteiger partial charge in [0.1, 0.15) is 5.75 Å². The predicted molar refractivity (Wildman–Crippen MR) is 117 cm³/mol. The highest BCUT2D eigenvalue weighted by Gasteiger charge is 2.27. The lowest BCUT2D eigenvalue weighted by molar-refractivity contribution is 0.227. The Bertz CT molecular complexity index is 704. The van der Waals surface area contributed by atoms with E-state index in [0.29, 0.717) is 0 Å². The van der Waals surface area contributed by atoms with E-state index in [1.807, 2.05) is 0 Å². The van der Waals surface area contributed by atoms with Crippen LogP contribution in [-0.4, -0.2) is 68.3 Å². The Morgan fingerprint density at radius 3 is 2.61 bits per heavy atom. The van der Waals surface area contributed by atoms with Gasteiger partial charge < -0.3 is 9.64 Å². The second kappa shape index (κ2) is 9.15. The minimum atomic E-state index is 0.211. The Kier molecular flexibility index (Phi) is 6.38. The van der Waals surface area contributed by atoms with Crippen LogP contribution in [0.25, 0.3) is 0 Å². The van der Waals surface area contributed by atoms with E-state index in [4.69, 9.17) is 4.74 Å². The molecule has 2 aliphatic heterocycles. The molecular weight excluding hydrogens is 346 g/mol. The molecule has 2 saturated heterocycles. The monoisotopic (exact) mass is 381 g/mol. The summed E-state index contributed by atoms with van der Waals surface area (Å²) >= 11 is 0. The highest BCUT2D eigenvalue weighted by molar-refractivity contribution is 5.58. The lowest BCUT2D eigenvalue weighted by Gasteiger charge is -2.37. The van der Waals surface area contributed by atoms with Gasteiger partial charge in [0.2, 0.25) is 0 Å². The molecule has 1 unspecified atom stereocenters. The van der Waals surface area contributed by atoms with E-state index in [1.165, 1.54) is 44.7 Å². The molecule has 2 heterocycles. The van der Waals surface area contributed by atoms with Gasteiger partial charge in [0.25, 0.3) is 0 Å². The molecule has 28 heavy (non-hydrogen) atoms. The first-order chi connectivity index (χ1) is 13.7. The SMILES string of the molecule is CC(C)Oc1ccccc1N1CCN(CCCN2CC3=CC=CCC3C2)CC1. The summed E-state index contributed by atoms with van der Waals surface area (Å²) in [7, 11) is 0. The van der Waals surface area contributed by atoms with Crippen LogP contribution in [-0.2, 0) is 0 Å². The van der Waals surface area contributed by atoms with Crippen molar-refractivity contribution in [3.8, 4) is 5.75 Å². The van der Waals surface area contributed by atoms with E-state index < -0.39 is 0 Å². The van der Waals surface area contributed by atoms with Gasteiger partial charge in [-0.3, -0.25) is 9.80 Å². The fourth-order valence-corrected chi connectivity index (χ4v) is 4.70. The Morgan fingerprint density at radius 1 is 1.04 bits per heavy atom. The molecule has 2 fully saturated rings. The number of fused-ring (bicyclic) bond motifs is 1. The number of hydrogen-bond donors (Lipinski definition) is 0. The van der Waals surface area contributed by atoms with Gasteiger partial charge in [-0.05, 0) is 57.8 Å². The van der Waals surface area contributed by atoms with Crippen LogP contribution in [0.3, 0.4) is 0 Å². The van der Waals surface area contributed by atoms with Crippen molar-refractivity contribution in [3.05, 3.63) is 48.1 Å². The number of nitrogens with zero attached hydrogens (tertiary/aromatic N) is 3. The van der Waals surface area contributed by atoms with E-state index in [-0.39, 0.29) is 6.10 Å². The summed E-state index contributed by atoms with van der Waals surface area (Å²) in [4.78, 5) is 7.77. The average molecular weight is 382 g/mol. The maximum Gasteiger partial charge on any atom is 0.142 e. The van der Waals surface area contributed by atoms with E-state index in [1.54, 1.807) is 5.57 Å². The molecule has 1 atom stereocenters. The molecule has 0 radical (unpaired) electrons. The maximum absolute atomic E-state index is 6.02. The quantitative estimate of drug-likeness (QED) is 0.715. The van der Waals surface area contributed by atoms with Gasteiger partial charge in [-0.2, -0.15) is 0 Å². The molecule has 1 aliphatic carbocycles. The minimum Gasteiger partial charge on any atom is -0.489 e. The summed E-state index contributed by atoms with van der Waals surface area (Å²) in [6, 6.07) is 8.48. The van der Waals surface area contributed by atoms with Crippen LogP contribution >= 0.6 is 0 Å². The van der Waals surface area contributed by atoms with Crippen molar-refractivity contribution in [1.82, 2.24) is 9.80 Å². The van der Waals surface area contributed by atoms with Crippen molar-refractivity contribution >= 4 is 5.69 Å². The van der Waals surface area contributed by atoms with Crippen molar-refractivity contribution in [2.24, 2.45) is 5.92 Å². The van der Waals surface area contributed by atoms with E-state index >= 15 is 0 Å². The van der Waals surface area contributed by atoms with Crippen LogP contribution in [0, 0.1) is 5.92 Å². The Labute approximate surface area is 170 Å². The first kappa shape index (κ1) is 19.5. The maximum atomic E-state index is 6.02. The zero-order valence-corrected chi connectivity index (χ0v) is 17.5. The van der Waals surface area contributed by atoms with E-state index in [0.717, 1.165) is 37.8 Å². The lowest BCUT2D eigenvalue weighted by Crippen LogP contribution is -2.47. The Hall–Kier alpha value is -1.78. The number of likely N-dealkylation sites (tertiary alicyclic amines) is 1. The zero-order chi connectivity index (χ0) is 19.3. The molecule has 1 aromatic carbocycles. The Balaban J connectivity index is 1.20. The Morgan fingerprint density at radius 2 is 1.82 bits per heavy atom.